The molecular weight excluding hydrogens is 360 g/mol. The number of carbonyl (C=O) groups is 1. The molecule has 0 unspecified atom stereocenters. The first-order chi connectivity index (χ1) is 13.4. The summed E-state index contributed by atoms with van der Waals surface area (Å²) in [7, 11) is 1.61. The van der Waals surface area contributed by atoms with Crippen LogP contribution in [0.3, 0.4) is 0 Å². The van der Waals surface area contributed by atoms with E-state index in [1.165, 1.54) is 0 Å². The van der Waals surface area contributed by atoms with E-state index in [0.717, 1.165) is 11.4 Å². The Bertz CT molecular complexity index is 957. The van der Waals surface area contributed by atoms with Crippen molar-refractivity contribution in [3.05, 3.63) is 53.0 Å². The molecule has 0 spiro atoms. The van der Waals surface area contributed by atoms with Gasteiger partial charge in [0.25, 0.3) is 5.91 Å². The van der Waals surface area contributed by atoms with Gasteiger partial charge in [-0.05, 0) is 52.0 Å². The number of ether oxygens (including phenoxy) is 2. The van der Waals surface area contributed by atoms with Crippen LogP contribution >= 0.6 is 0 Å². The van der Waals surface area contributed by atoms with Gasteiger partial charge in [-0.25, -0.2) is 4.68 Å². The molecule has 1 aromatic carbocycles. The van der Waals surface area contributed by atoms with E-state index in [2.05, 4.69) is 15.6 Å². The van der Waals surface area contributed by atoms with Crippen molar-refractivity contribution in [1.29, 1.82) is 0 Å². The molecular formula is C20H24N4O4. The molecule has 1 N–H and O–H groups in total. The Kier molecular flexibility index (Phi) is 5.67. The van der Waals surface area contributed by atoms with Crippen LogP contribution in [0.5, 0.6) is 11.5 Å². The second-order valence-electron chi connectivity index (χ2n) is 6.69. The number of hydrogen-bond acceptors (Lipinski definition) is 6. The zero-order valence-electron chi connectivity index (χ0n) is 16.6. The summed E-state index contributed by atoms with van der Waals surface area (Å²) >= 11 is 0. The zero-order chi connectivity index (χ0) is 20.3. The highest BCUT2D eigenvalue weighted by molar-refractivity contribution is 6.03. The third kappa shape index (κ3) is 4.16. The number of benzene rings is 1. The highest BCUT2D eigenvalue weighted by Gasteiger charge is 2.22. The first-order valence-electron chi connectivity index (χ1n) is 8.98. The molecule has 2 aromatic heterocycles. The van der Waals surface area contributed by atoms with E-state index in [-0.39, 0.29) is 24.2 Å². The Balaban J connectivity index is 1.75. The van der Waals surface area contributed by atoms with E-state index >= 15 is 0 Å². The number of hydrogen-bond donors (Lipinski definition) is 1. The Labute approximate surface area is 163 Å². The number of methoxy groups -OCH3 is 1. The second kappa shape index (κ2) is 8.16. The van der Waals surface area contributed by atoms with Gasteiger partial charge < -0.3 is 19.3 Å². The molecule has 0 saturated heterocycles. The third-order valence-corrected chi connectivity index (χ3v) is 4.23. The van der Waals surface area contributed by atoms with Crippen LogP contribution in [-0.4, -0.2) is 28.0 Å². The zero-order valence-corrected chi connectivity index (χ0v) is 16.6. The molecule has 0 aliphatic rings. The van der Waals surface area contributed by atoms with Crippen LogP contribution in [0.15, 0.2) is 34.9 Å². The first-order valence-corrected chi connectivity index (χ1v) is 8.98. The number of carbonyl (C=O) groups excluding carboxylic acids is 1. The number of nitrogens with one attached hydrogen (secondary N) is 1. The molecule has 28 heavy (non-hydrogen) atoms. The lowest BCUT2D eigenvalue weighted by Gasteiger charge is -2.11. The molecule has 0 aliphatic heterocycles. The topological polar surface area (TPSA) is 91.4 Å². The largest absolute Gasteiger partial charge is 0.497 e. The fourth-order valence-electron chi connectivity index (χ4n) is 2.75. The number of aryl methyl sites for hydroxylation is 2. The Hall–Kier alpha value is -3.29. The molecule has 0 radical (unpaired) electrons. The summed E-state index contributed by atoms with van der Waals surface area (Å²) < 4.78 is 17.9. The van der Waals surface area contributed by atoms with Crippen LogP contribution in [0.1, 0.15) is 47.4 Å². The van der Waals surface area contributed by atoms with Gasteiger partial charge in [0, 0.05) is 12.1 Å². The van der Waals surface area contributed by atoms with Crippen LogP contribution in [0.2, 0.25) is 0 Å². The van der Waals surface area contributed by atoms with Crippen LogP contribution in [0, 0.1) is 13.8 Å². The molecule has 3 rings (SSSR count). The SMILES string of the molecule is COc1ccc(OCc2c(C(=O)Nc3cc(C)nn3C(C)C)noc2C)cc1. The van der Waals surface area contributed by atoms with Crippen LogP contribution in [0.25, 0.3) is 0 Å². The van der Waals surface area contributed by atoms with Gasteiger partial charge in [-0.3, -0.25) is 4.79 Å². The minimum atomic E-state index is -0.369. The average Bonchev–Trinajstić information content (AvgIpc) is 3.22. The lowest BCUT2D eigenvalue weighted by molar-refractivity contribution is 0.101. The van der Waals surface area contributed by atoms with Gasteiger partial charge in [0.1, 0.15) is 29.7 Å². The van der Waals surface area contributed by atoms with E-state index in [0.29, 0.717) is 22.9 Å². The van der Waals surface area contributed by atoms with Crippen molar-refractivity contribution in [2.24, 2.45) is 0 Å². The number of nitrogens with zero attached hydrogens (tertiary/aromatic N) is 3. The lowest BCUT2D eigenvalue weighted by Crippen LogP contribution is -2.19. The minimum Gasteiger partial charge on any atom is -0.497 e. The minimum absolute atomic E-state index is 0.112. The molecule has 3 aromatic rings. The maximum Gasteiger partial charge on any atom is 0.279 e. The molecule has 0 bridgehead atoms. The maximum atomic E-state index is 12.8. The fraction of sp³-hybridized carbons (Fsp3) is 0.350. The van der Waals surface area contributed by atoms with E-state index in [1.54, 1.807) is 43.0 Å². The van der Waals surface area contributed by atoms with Gasteiger partial charge >= 0.3 is 0 Å². The van der Waals surface area contributed by atoms with Crippen molar-refractivity contribution < 1.29 is 18.8 Å². The van der Waals surface area contributed by atoms with Gasteiger partial charge in [0.05, 0.1) is 18.4 Å². The van der Waals surface area contributed by atoms with E-state index in [9.17, 15) is 4.79 Å². The van der Waals surface area contributed by atoms with Crippen molar-refractivity contribution in [3.8, 4) is 11.5 Å². The summed E-state index contributed by atoms with van der Waals surface area (Å²) in [6, 6.07) is 9.13. The second-order valence-corrected chi connectivity index (χ2v) is 6.69. The summed E-state index contributed by atoms with van der Waals surface area (Å²) in [4.78, 5) is 12.8. The monoisotopic (exact) mass is 384 g/mol. The molecule has 0 aliphatic carbocycles. The highest BCUT2D eigenvalue weighted by Crippen LogP contribution is 2.22. The van der Waals surface area contributed by atoms with E-state index < -0.39 is 0 Å². The summed E-state index contributed by atoms with van der Waals surface area (Å²) in [5.41, 5.74) is 1.62. The van der Waals surface area contributed by atoms with Crippen molar-refractivity contribution in [3.63, 3.8) is 0 Å². The molecule has 148 valence electrons. The highest BCUT2D eigenvalue weighted by atomic mass is 16.5. The molecule has 0 saturated carbocycles. The van der Waals surface area contributed by atoms with Crippen LogP contribution in [0.4, 0.5) is 5.82 Å². The quantitative estimate of drug-likeness (QED) is 0.664. The third-order valence-electron chi connectivity index (χ3n) is 4.23. The van der Waals surface area contributed by atoms with Crippen molar-refractivity contribution in [1.82, 2.24) is 14.9 Å². The van der Waals surface area contributed by atoms with Crippen molar-refractivity contribution in [2.45, 2.75) is 40.3 Å². The van der Waals surface area contributed by atoms with Gasteiger partial charge in [0.15, 0.2) is 5.69 Å². The summed E-state index contributed by atoms with van der Waals surface area (Å²) in [5, 5.41) is 11.2. The Morgan fingerprint density at radius 3 is 2.54 bits per heavy atom. The number of amides is 1. The van der Waals surface area contributed by atoms with E-state index in [4.69, 9.17) is 14.0 Å². The first kappa shape index (κ1) is 19.5. The van der Waals surface area contributed by atoms with Crippen LogP contribution in [-0.2, 0) is 6.61 Å². The molecule has 8 nitrogen and oxygen atoms in total. The summed E-state index contributed by atoms with van der Waals surface area (Å²) in [6.07, 6.45) is 0. The fourth-order valence-corrected chi connectivity index (χ4v) is 2.75. The van der Waals surface area contributed by atoms with Crippen LogP contribution < -0.4 is 14.8 Å². The summed E-state index contributed by atoms with van der Waals surface area (Å²) in [5.74, 6) is 2.17. The van der Waals surface area contributed by atoms with E-state index in [1.807, 2.05) is 26.8 Å². The van der Waals surface area contributed by atoms with Gasteiger partial charge in [0.2, 0.25) is 0 Å². The smallest absolute Gasteiger partial charge is 0.279 e. The Morgan fingerprint density at radius 2 is 1.89 bits per heavy atom. The molecule has 0 atom stereocenters. The number of aromatic nitrogens is 3. The normalized spacial score (nSPS) is 10.9. The number of rotatable bonds is 7. The predicted molar refractivity (Wildman–Crippen MR) is 104 cm³/mol. The molecule has 1 amide bonds. The van der Waals surface area contributed by atoms with Gasteiger partial charge in [-0.15, -0.1) is 0 Å². The Morgan fingerprint density at radius 1 is 1.21 bits per heavy atom. The molecule has 8 heteroatoms. The van der Waals surface area contributed by atoms with Crippen molar-refractivity contribution in [2.75, 3.05) is 12.4 Å². The molecule has 2 heterocycles. The van der Waals surface area contributed by atoms with Gasteiger partial charge in [-0.2, -0.15) is 5.10 Å². The standard InChI is InChI=1S/C20H24N4O4/c1-12(2)24-18(10-13(3)22-24)21-20(25)19-17(14(4)28-23-19)11-27-16-8-6-15(26-5)7-9-16/h6-10,12H,11H2,1-5H3,(H,21,25). The summed E-state index contributed by atoms with van der Waals surface area (Å²) in [6.45, 7) is 7.78. The molecule has 0 fully saturated rings. The maximum absolute atomic E-state index is 12.8. The van der Waals surface area contributed by atoms with Crippen molar-refractivity contribution >= 4 is 11.7 Å². The lowest BCUT2D eigenvalue weighted by atomic mass is 10.2. The predicted octanol–water partition coefficient (Wildman–Crippen LogP) is 3.91. The van der Waals surface area contributed by atoms with Gasteiger partial charge in [-0.1, -0.05) is 5.16 Å². The average molecular weight is 384 g/mol. The number of anilines is 1.